The van der Waals surface area contributed by atoms with Crippen molar-refractivity contribution >= 4 is 17.3 Å². The number of benzene rings is 1. The topological polar surface area (TPSA) is 70.7 Å². The molecule has 0 spiro atoms. The van der Waals surface area contributed by atoms with Crippen LogP contribution in [-0.2, 0) is 13.0 Å². The highest BCUT2D eigenvalue weighted by atomic mass is 16.4. The highest BCUT2D eigenvalue weighted by Gasteiger charge is 2.19. The lowest BCUT2D eigenvalue weighted by atomic mass is 10.0. The van der Waals surface area contributed by atoms with Crippen LogP contribution in [0, 0.1) is 6.92 Å². The number of aromatic nitrogens is 3. The minimum absolute atomic E-state index is 0.335. The van der Waals surface area contributed by atoms with E-state index in [2.05, 4.69) is 15.0 Å². The first-order chi connectivity index (χ1) is 11.6. The second kappa shape index (κ2) is 5.63. The van der Waals surface area contributed by atoms with Gasteiger partial charge in [-0.15, -0.1) is 0 Å². The molecule has 1 aliphatic heterocycles. The van der Waals surface area contributed by atoms with Crippen LogP contribution in [0.25, 0.3) is 5.52 Å². The Balaban J connectivity index is 1.76. The molecule has 6 heteroatoms. The van der Waals surface area contributed by atoms with Crippen LogP contribution in [0.4, 0.5) is 5.82 Å². The molecule has 3 heterocycles. The molecule has 0 bridgehead atoms. The van der Waals surface area contributed by atoms with Crippen LogP contribution in [0.15, 0.2) is 36.7 Å². The van der Waals surface area contributed by atoms with Crippen LogP contribution in [-0.4, -0.2) is 32.2 Å². The fourth-order valence-electron chi connectivity index (χ4n) is 3.35. The van der Waals surface area contributed by atoms with Crippen LogP contribution in [0.1, 0.15) is 33.6 Å². The number of anilines is 1. The van der Waals surface area contributed by atoms with Gasteiger partial charge in [-0.3, -0.25) is 0 Å². The smallest absolute Gasteiger partial charge is 0.335 e. The summed E-state index contributed by atoms with van der Waals surface area (Å²) in [5.74, 6) is 0.00640. The van der Waals surface area contributed by atoms with Gasteiger partial charge in [0.25, 0.3) is 0 Å². The summed E-state index contributed by atoms with van der Waals surface area (Å²) in [4.78, 5) is 18.0. The highest BCUT2D eigenvalue weighted by Crippen LogP contribution is 2.26. The highest BCUT2D eigenvalue weighted by molar-refractivity contribution is 5.88. The summed E-state index contributed by atoms with van der Waals surface area (Å²) >= 11 is 0. The summed E-state index contributed by atoms with van der Waals surface area (Å²) < 4.78 is 1.84. The molecule has 0 atom stereocenters. The maximum Gasteiger partial charge on any atom is 0.335 e. The SMILES string of the molecule is Cc1cc2c(N3CCCc4ccc(C(=O)O)cc4C3)nccn2n1. The summed E-state index contributed by atoms with van der Waals surface area (Å²) in [6.07, 6.45) is 5.57. The van der Waals surface area contributed by atoms with E-state index >= 15 is 0 Å². The maximum atomic E-state index is 11.3. The molecular weight excluding hydrogens is 304 g/mol. The molecule has 1 N–H and O–H groups in total. The Bertz CT molecular complexity index is 932. The normalized spacial score (nSPS) is 14.5. The van der Waals surface area contributed by atoms with Crippen molar-refractivity contribution in [2.45, 2.75) is 26.3 Å². The Morgan fingerprint density at radius 1 is 1.25 bits per heavy atom. The van der Waals surface area contributed by atoms with E-state index in [-0.39, 0.29) is 0 Å². The van der Waals surface area contributed by atoms with Gasteiger partial charge in [-0.05, 0) is 49.1 Å². The number of aromatic carboxylic acids is 1. The van der Waals surface area contributed by atoms with Crippen LogP contribution in [0.5, 0.6) is 0 Å². The Labute approximate surface area is 139 Å². The van der Waals surface area contributed by atoms with Gasteiger partial charge in [-0.2, -0.15) is 5.10 Å². The van der Waals surface area contributed by atoms with Crippen LogP contribution < -0.4 is 4.90 Å². The minimum Gasteiger partial charge on any atom is -0.478 e. The van der Waals surface area contributed by atoms with Crippen LogP contribution in [0.3, 0.4) is 0 Å². The van der Waals surface area contributed by atoms with Crippen molar-refractivity contribution < 1.29 is 9.90 Å². The number of carboxylic acid groups (broad SMARTS) is 1. The number of hydrogen-bond acceptors (Lipinski definition) is 4. The van der Waals surface area contributed by atoms with Gasteiger partial charge in [0.05, 0.1) is 11.3 Å². The molecule has 24 heavy (non-hydrogen) atoms. The molecule has 3 aromatic rings. The zero-order valence-corrected chi connectivity index (χ0v) is 13.4. The van der Waals surface area contributed by atoms with Gasteiger partial charge in [0.2, 0.25) is 0 Å². The number of carbonyl (C=O) groups is 1. The van der Waals surface area contributed by atoms with Crippen molar-refractivity contribution in [2.75, 3.05) is 11.4 Å². The Kier molecular flexibility index (Phi) is 3.45. The molecule has 122 valence electrons. The third kappa shape index (κ3) is 2.50. The summed E-state index contributed by atoms with van der Waals surface area (Å²) in [6, 6.07) is 7.45. The fourth-order valence-corrected chi connectivity index (χ4v) is 3.35. The zero-order valence-electron chi connectivity index (χ0n) is 13.4. The molecule has 0 saturated heterocycles. The predicted molar refractivity (Wildman–Crippen MR) is 90.5 cm³/mol. The van der Waals surface area contributed by atoms with Crippen LogP contribution in [0.2, 0.25) is 0 Å². The summed E-state index contributed by atoms with van der Waals surface area (Å²) in [6.45, 7) is 3.51. The van der Waals surface area contributed by atoms with E-state index in [9.17, 15) is 9.90 Å². The van der Waals surface area contributed by atoms with Gasteiger partial charge in [0.15, 0.2) is 5.82 Å². The van der Waals surface area contributed by atoms with E-state index in [1.165, 1.54) is 5.56 Å². The molecule has 0 aliphatic carbocycles. The minimum atomic E-state index is -0.889. The van der Waals surface area contributed by atoms with Gasteiger partial charge in [-0.25, -0.2) is 14.3 Å². The third-order valence-electron chi connectivity index (χ3n) is 4.48. The predicted octanol–water partition coefficient (Wildman–Crippen LogP) is 2.69. The Morgan fingerprint density at radius 2 is 2.12 bits per heavy atom. The number of nitrogens with zero attached hydrogens (tertiary/aromatic N) is 4. The number of carboxylic acids is 1. The lowest BCUT2D eigenvalue weighted by molar-refractivity contribution is 0.0696. The van der Waals surface area contributed by atoms with Crippen molar-refractivity contribution in [3.8, 4) is 0 Å². The zero-order chi connectivity index (χ0) is 16.7. The molecule has 0 saturated carbocycles. The Hall–Kier alpha value is -2.89. The first-order valence-electron chi connectivity index (χ1n) is 8.03. The molecule has 2 aromatic heterocycles. The second-order valence-corrected chi connectivity index (χ2v) is 6.18. The monoisotopic (exact) mass is 322 g/mol. The van der Waals surface area contributed by atoms with Gasteiger partial charge in [0.1, 0.15) is 5.52 Å². The molecule has 4 rings (SSSR count). The molecule has 0 amide bonds. The van der Waals surface area contributed by atoms with Crippen molar-refractivity contribution in [1.82, 2.24) is 14.6 Å². The van der Waals surface area contributed by atoms with E-state index in [4.69, 9.17) is 0 Å². The molecule has 0 fully saturated rings. The van der Waals surface area contributed by atoms with E-state index in [1.54, 1.807) is 18.3 Å². The van der Waals surface area contributed by atoms with Gasteiger partial charge in [-0.1, -0.05) is 6.07 Å². The molecular formula is C18H18N4O2. The lowest BCUT2D eigenvalue weighted by Crippen LogP contribution is -2.24. The van der Waals surface area contributed by atoms with Crippen molar-refractivity contribution in [3.63, 3.8) is 0 Å². The van der Waals surface area contributed by atoms with E-state index in [1.807, 2.05) is 29.8 Å². The average molecular weight is 322 g/mol. The standard InChI is InChI=1S/C18H18N4O2/c1-12-9-16-17(19-6-8-22(16)20-12)21-7-2-3-13-4-5-14(18(23)24)10-15(13)11-21/h4-6,8-10H,2-3,7,11H2,1H3,(H,23,24). The van der Waals surface area contributed by atoms with Gasteiger partial charge >= 0.3 is 5.97 Å². The van der Waals surface area contributed by atoms with Crippen LogP contribution >= 0.6 is 0 Å². The van der Waals surface area contributed by atoms with Crippen molar-refractivity contribution in [2.24, 2.45) is 0 Å². The summed E-state index contributed by atoms with van der Waals surface area (Å²) in [7, 11) is 0. The van der Waals surface area contributed by atoms with Crippen molar-refractivity contribution in [3.05, 3.63) is 59.0 Å². The largest absolute Gasteiger partial charge is 0.478 e. The van der Waals surface area contributed by atoms with Gasteiger partial charge < -0.3 is 10.0 Å². The first kappa shape index (κ1) is 14.7. The first-order valence-corrected chi connectivity index (χ1v) is 8.03. The lowest BCUT2D eigenvalue weighted by Gasteiger charge is -2.22. The van der Waals surface area contributed by atoms with Crippen molar-refractivity contribution in [1.29, 1.82) is 0 Å². The maximum absolute atomic E-state index is 11.3. The summed E-state index contributed by atoms with van der Waals surface area (Å²) in [5.41, 5.74) is 4.55. The average Bonchev–Trinajstić information content (AvgIpc) is 2.82. The molecule has 1 aliphatic rings. The van der Waals surface area contributed by atoms with E-state index in [0.717, 1.165) is 42.0 Å². The number of aryl methyl sites for hydroxylation is 2. The number of rotatable bonds is 2. The number of hydrogen-bond donors (Lipinski definition) is 1. The molecule has 0 radical (unpaired) electrons. The molecule has 1 aromatic carbocycles. The Morgan fingerprint density at radius 3 is 2.96 bits per heavy atom. The third-order valence-corrected chi connectivity index (χ3v) is 4.48. The second-order valence-electron chi connectivity index (χ2n) is 6.18. The summed E-state index contributed by atoms with van der Waals surface area (Å²) in [5, 5.41) is 13.7. The quantitative estimate of drug-likeness (QED) is 0.785. The fraction of sp³-hybridized carbons (Fsp3) is 0.278. The van der Waals surface area contributed by atoms with E-state index in [0.29, 0.717) is 12.1 Å². The molecule has 0 unspecified atom stereocenters. The van der Waals surface area contributed by atoms with E-state index < -0.39 is 5.97 Å². The number of fused-ring (bicyclic) bond motifs is 2. The molecule has 6 nitrogen and oxygen atoms in total. The van der Waals surface area contributed by atoms with Gasteiger partial charge in [0, 0.05) is 25.5 Å².